The molecular weight excluding hydrogens is 346 g/mol. The highest BCUT2D eigenvalue weighted by atomic mass is 79.9. The molecule has 1 aromatic carbocycles. The van der Waals surface area contributed by atoms with Gasteiger partial charge < -0.3 is 11.1 Å². The first-order valence-electron chi connectivity index (χ1n) is 5.53. The molecule has 1 aromatic heterocycles. The van der Waals surface area contributed by atoms with E-state index in [0.29, 0.717) is 6.54 Å². The molecule has 0 radical (unpaired) electrons. The number of carbonyl (C=O) groups excluding carboxylic acids is 1. The number of halogens is 1. The van der Waals surface area contributed by atoms with Crippen LogP contribution in [0.25, 0.3) is 0 Å². The van der Waals surface area contributed by atoms with Crippen molar-refractivity contribution in [3.8, 4) is 0 Å². The number of nitrogens with two attached hydrogens (primary N) is 1. The molecule has 20 heavy (non-hydrogen) atoms. The van der Waals surface area contributed by atoms with Gasteiger partial charge in [-0.1, -0.05) is 0 Å². The van der Waals surface area contributed by atoms with Gasteiger partial charge in [0.1, 0.15) is 0 Å². The lowest BCUT2D eigenvalue weighted by molar-refractivity contribution is -0.384. The Hall–Kier alpha value is -1.93. The minimum absolute atomic E-state index is 0.106. The van der Waals surface area contributed by atoms with Crippen LogP contribution in [0.1, 0.15) is 15.2 Å². The van der Waals surface area contributed by atoms with Crippen molar-refractivity contribution in [1.82, 2.24) is 5.32 Å². The maximum atomic E-state index is 12.0. The molecule has 0 spiro atoms. The van der Waals surface area contributed by atoms with Gasteiger partial charge in [0, 0.05) is 22.7 Å². The number of non-ortho nitro benzene ring substituents is 1. The number of nitrogens with zero attached hydrogens (tertiary/aromatic N) is 1. The van der Waals surface area contributed by atoms with Gasteiger partial charge in [-0.2, -0.15) is 0 Å². The van der Waals surface area contributed by atoms with E-state index in [1.54, 1.807) is 0 Å². The van der Waals surface area contributed by atoms with Crippen LogP contribution in [0.15, 0.2) is 34.1 Å². The van der Waals surface area contributed by atoms with E-state index in [4.69, 9.17) is 5.73 Å². The molecule has 0 bridgehead atoms. The smallest absolute Gasteiger partial charge is 0.270 e. The van der Waals surface area contributed by atoms with Crippen molar-refractivity contribution in [2.24, 2.45) is 0 Å². The Labute approximate surface area is 126 Å². The zero-order valence-electron chi connectivity index (χ0n) is 10.1. The average molecular weight is 356 g/mol. The third-order valence-electron chi connectivity index (χ3n) is 2.54. The summed E-state index contributed by atoms with van der Waals surface area (Å²) in [7, 11) is 0. The van der Waals surface area contributed by atoms with E-state index in [9.17, 15) is 14.9 Å². The second kappa shape index (κ2) is 6.02. The van der Waals surface area contributed by atoms with E-state index in [-0.39, 0.29) is 16.9 Å². The fourth-order valence-electron chi connectivity index (χ4n) is 1.56. The molecule has 104 valence electrons. The first-order chi connectivity index (χ1) is 9.47. The summed E-state index contributed by atoms with van der Waals surface area (Å²) in [6.07, 6.45) is 0. The van der Waals surface area contributed by atoms with E-state index in [1.807, 2.05) is 12.1 Å². The summed E-state index contributed by atoms with van der Waals surface area (Å²) in [6.45, 7) is 0.344. The molecule has 8 heteroatoms. The fourth-order valence-corrected chi connectivity index (χ4v) is 2.99. The second-order valence-electron chi connectivity index (χ2n) is 3.92. The van der Waals surface area contributed by atoms with Crippen molar-refractivity contribution >= 4 is 44.5 Å². The lowest BCUT2D eigenvalue weighted by atomic mass is 10.1. The molecule has 0 fully saturated rings. The number of carbonyl (C=O) groups is 1. The highest BCUT2D eigenvalue weighted by Crippen LogP contribution is 2.23. The Balaban J connectivity index is 2.12. The number of nitrogen functional groups attached to an aromatic ring is 1. The normalized spacial score (nSPS) is 10.2. The van der Waals surface area contributed by atoms with E-state index >= 15 is 0 Å². The highest BCUT2D eigenvalue weighted by molar-refractivity contribution is 9.11. The molecule has 6 nitrogen and oxygen atoms in total. The van der Waals surface area contributed by atoms with Crippen LogP contribution in [0.2, 0.25) is 0 Å². The largest absolute Gasteiger partial charge is 0.398 e. The topological polar surface area (TPSA) is 98.3 Å². The highest BCUT2D eigenvalue weighted by Gasteiger charge is 2.15. The standard InChI is InChI=1S/C12H10BrN3O3S/c13-11-4-2-8(20-11)6-15-12(17)9-5-7(16(18)19)1-3-10(9)14/h1-5H,6,14H2,(H,15,17). The van der Waals surface area contributed by atoms with Crippen LogP contribution in [0.3, 0.4) is 0 Å². The van der Waals surface area contributed by atoms with Crippen LogP contribution in [0.4, 0.5) is 11.4 Å². The van der Waals surface area contributed by atoms with Gasteiger partial charge in [-0.3, -0.25) is 14.9 Å². The Morgan fingerprint density at radius 1 is 1.40 bits per heavy atom. The second-order valence-corrected chi connectivity index (χ2v) is 6.46. The minimum Gasteiger partial charge on any atom is -0.398 e. The van der Waals surface area contributed by atoms with E-state index in [1.165, 1.54) is 29.5 Å². The maximum absolute atomic E-state index is 12.0. The molecule has 1 heterocycles. The van der Waals surface area contributed by atoms with Gasteiger partial charge in [0.2, 0.25) is 0 Å². The van der Waals surface area contributed by atoms with Crippen molar-refractivity contribution in [3.63, 3.8) is 0 Å². The SMILES string of the molecule is Nc1ccc([N+](=O)[O-])cc1C(=O)NCc1ccc(Br)s1. The molecule has 1 amide bonds. The Morgan fingerprint density at radius 2 is 2.15 bits per heavy atom. The number of rotatable bonds is 4. The maximum Gasteiger partial charge on any atom is 0.270 e. The lowest BCUT2D eigenvalue weighted by Crippen LogP contribution is -2.23. The summed E-state index contributed by atoms with van der Waals surface area (Å²) in [5.74, 6) is -0.435. The molecule has 0 unspecified atom stereocenters. The molecular formula is C12H10BrN3O3S. The number of thiophene rings is 1. The Bertz CT molecular complexity index is 672. The van der Waals surface area contributed by atoms with Gasteiger partial charge >= 0.3 is 0 Å². The molecule has 0 aliphatic rings. The molecule has 0 saturated heterocycles. The first kappa shape index (κ1) is 14.5. The van der Waals surface area contributed by atoms with Crippen molar-refractivity contribution in [2.75, 3.05) is 5.73 Å². The molecule has 0 atom stereocenters. The summed E-state index contributed by atoms with van der Waals surface area (Å²) in [5.41, 5.74) is 5.83. The fraction of sp³-hybridized carbons (Fsp3) is 0.0833. The van der Waals surface area contributed by atoms with E-state index in [0.717, 1.165) is 8.66 Å². The van der Waals surface area contributed by atoms with Gasteiger partial charge in [0.25, 0.3) is 11.6 Å². The average Bonchev–Trinajstić information content (AvgIpc) is 2.82. The summed E-state index contributed by atoms with van der Waals surface area (Å²) < 4.78 is 0.969. The summed E-state index contributed by atoms with van der Waals surface area (Å²) in [4.78, 5) is 23.1. The predicted molar refractivity (Wildman–Crippen MR) is 80.7 cm³/mol. The van der Waals surface area contributed by atoms with E-state index < -0.39 is 10.8 Å². The van der Waals surface area contributed by atoms with Crippen molar-refractivity contribution in [1.29, 1.82) is 0 Å². The Morgan fingerprint density at radius 3 is 2.75 bits per heavy atom. The van der Waals surface area contributed by atoms with Crippen molar-refractivity contribution < 1.29 is 9.72 Å². The number of benzene rings is 1. The number of hydrogen-bond donors (Lipinski definition) is 2. The van der Waals surface area contributed by atoms with Crippen molar-refractivity contribution in [2.45, 2.75) is 6.54 Å². The molecule has 2 aromatic rings. The quantitative estimate of drug-likeness (QED) is 0.500. The third kappa shape index (κ3) is 3.34. The molecule has 0 saturated carbocycles. The van der Waals surface area contributed by atoms with Crippen molar-refractivity contribution in [3.05, 3.63) is 54.7 Å². The lowest BCUT2D eigenvalue weighted by Gasteiger charge is -2.06. The van der Waals surface area contributed by atoms with Crippen LogP contribution in [-0.2, 0) is 6.54 Å². The number of hydrogen-bond acceptors (Lipinski definition) is 5. The zero-order chi connectivity index (χ0) is 14.7. The zero-order valence-corrected chi connectivity index (χ0v) is 12.5. The summed E-state index contributed by atoms with van der Waals surface area (Å²) in [5, 5.41) is 13.4. The number of amides is 1. The third-order valence-corrected chi connectivity index (χ3v) is 4.17. The van der Waals surface area contributed by atoms with Crippen LogP contribution in [-0.4, -0.2) is 10.8 Å². The first-order valence-corrected chi connectivity index (χ1v) is 7.14. The van der Waals surface area contributed by atoms with Crippen LogP contribution < -0.4 is 11.1 Å². The predicted octanol–water partition coefficient (Wildman–Crippen LogP) is 2.93. The van der Waals surface area contributed by atoms with Crippen LogP contribution in [0, 0.1) is 10.1 Å². The summed E-state index contributed by atoms with van der Waals surface area (Å²) in [6, 6.07) is 7.56. The van der Waals surface area contributed by atoms with Gasteiger partial charge in [0.15, 0.2) is 0 Å². The molecule has 0 aliphatic heterocycles. The van der Waals surface area contributed by atoms with Gasteiger partial charge in [-0.05, 0) is 34.1 Å². The number of nitrogens with one attached hydrogen (secondary N) is 1. The number of nitro groups is 1. The molecule has 0 aliphatic carbocycles. The monoisotopic (exact) mass is 355 g/mol. The van der Waals surface area contributed by atoms with Gasteiger partial charge in [-0.25, -0.2) is 0 Å². The van der Waals surface area contributed by atoms with E-state index in [2.05, 4.69) is 21.2 Å². The van der Waals surface area contributed by atoms with Crippen LogP contribution in [0.5, 0.6) is 0 Å². The minimum atomic E-state index is -0.563. The van der Waals surface area contributed by atoms with Gasteiger partial charge in [0.05, 0.1) is 20.8 Å². The Kier molecular flexibility index (Phi) is 4.35. The van der Waals surface area contributed by atoms with Gasteiger partial charge in [-0.15, -0.1) is 11.3 Å². The van der Waals surface area contributed by atoms with Crippen LogP contribution >= 0.6 is 27.3 Å². The number of anilines is 1. The number of nitro benzene ring substituents is 1. The molecule has 3 N–H and O–H groups in total. The molecule has 2 rings (SSSR count). The summed E-state index contributed by atoms with van der Waals surface area (Å²) >= 11 is 4.83.